The Hall–Kier alpha value is -6.52. The van der Waals surface area contributed by atoms with Gasteiger partial charge >= 0.3 is 12.1 Å². The number of carboxylic acids is 1. The Bertz CT molecular complexity index is 2180. The van der Waals surface area contributed by atoms with Crippen molar-refractivity contribution in [2.75, 3.05) is 38.2 Å². The lowest BCUT2D eigenvalue weighted by molar-refractivity contribution is -0.138. The number of fused-ring (bicyclic) bond motifs is 12. The van der Waals surface area contributed by atoms with Crippen molar-refractivity contribution in [1.82, 2.24) is 25.4 Å². The number of halogens is 3. The van der Waals surface area contributed by atoms with Crippen LogP contribution in [-0.2, 0) is 25.4 Å². The van der Waals surface area contributed by atoms with Gasteiger partial charge in [0.15, 0.2) is 0 Å². The number of likely N-dealkylation sites (N-methyl/N-ethyl adjacent to an activating group) is 1. The number of anilines is 1. The minimum atomic E-state index is -4.66. The Balaban J connectivity index is 1.32. The van der Waals surface area contributed by atoms with Gasteiger partial charge < -0.3 is 35.2 Å². The standard InChI is InChI=1S/C40H39F3N6O8/c1-47-33(38(55)45-16-14-36(52)53)11-12-34(50)49(30-8-5-24-13-15-44-20-27(24)18-30)22-35(51)48-21-29(46-37(54)26-3-2-4-28(17-26)40(41,42)43)19-31(48)23-57-32-9-6-25(7-10-32)39(47)56/h2-10,13,15,17-18,20,29,31,33H,11-12,14,16,19,21-23H2,1H3,(H,45,55)(H,46,54)(H,52,53)/t29-,31+,33+/m1/s1. The summed E-state index contributed by atoms with van der Waals surface area (Å²) >= 11 is 0. The van der Waals surface area contributed by atoms with E-state index >= 15 is 0 Å². The number of aromatic nitrogens is 1. The third-order valence-electron chi connectivity index (χ3n) is 9.96. The molecule has 3 aromatic carbocycles. The number of amides is 5. The van der Waals surface area contributed by atoms with Gasteiger partial charge in [0.1, 0.15) is 24.9 Å². The van der Waals surface area contributed by atoms with E-state index in [1.54, 1.807) is 36.7 Å². The molecule has 57 heavy (non-hydrogen) atoms. The predicted octanol–water partition coefficient (Wildman–Crippen LogP) is 3.89. The molecule has 4 aromatic rings. The van der Waals surface area contributed by atoms with Gasteiger partial charge in [0.25, 0.3) is 11.8 Å². The first-order chi connectivity index (χ1) is 27.2. The summed E-state index contributed by atoms with van der Waals surface area (Å²) in [4.78, 5) is 88.0. The van der Waals surface area contributed by atoms with E-state index in [2.05, 4.69) is 15.6 Å². The average Bonchev–Trinajstić information content (AvgIpc) is 3.60. The van der Waals surface area contributed by atoms with Crippen LogP contribution in [0, 0.1) is 0 Å². The molecule has 0 saturated carbocycles. The first-order valence-electron chi connectivity index (χ1n) is 18.1. The Kier molecular flexibility index (Phi) is 12.0. The Morgan fingerprint density at radius 1 is 0.965 bits per heavy atom. The molecule has 7 rings (SSSR count). The number of hydrogen-bond acceptors (Lipinski definition) is 8. The summed E-state index contributed by atoms with van der Waals surface area (Å²) in [6, 6.07) is 14.4. The van der Waals surface area contributed by atoms with E-state index in [0.717, 1.165) is 23.6 Å². The van der Waals surface area contributed by atoms with Gasteiger partial charge in [0.2, 0.25) is 17.7 Å². The molecular formula is C40H39F3N6O8. The molecule has 3 atom stereocenters. The molecule has 2 bridgehead atoms. The van der Waals surface area contributed by atoms with Gasteiger partial charge in [-0.3, -0.25) is 33.8 Å². The average molecular weight is 789 g/mol. The normalized spacial score (nSPS) is 19.5. The van der Waals surface area contributed by atoms with Crippen molar-refractivity contribution in [2.24, 2.45) is 0 Å². The second kappa shape index (κ2) is 17.1. The highest BCUT2D eigenvalue weighted by molar-refractivity contribution is 6.02. The molecule has 3 aliphatic heterocycles. The summed E-state index contributed by atoms with van der Waals surface area (Å²) in [5.41, 5.74) is -0.647. The molecule has 0 aliphatic carbocycles. The molecule has 3 aliphatic rings. The number of benzene rings is 3. The Morgan fingerprint density at radius 2 is 1.74 bits per heavy atom. The maximum atomic E-state index is 14.3. The lowest BCUT2D eigenvalue weighted by Gasteiger charge is -2.30. The molecule has 1 aromatic heterocycles. The molecule has 1 fully saturated rings. The summed E-state index contributed by atoms with van der Waals surface area (Å²) < 4.78 is 46.2. The zero-order chi connectivity index (χ0) is 40.9. The number of rotatable bonds is 7. The number of aliphatic carboxylic acids is 1. The lowest BCUT2D eigenvalue weighted by atomic mass is 10.1. The first kappa shape index (κ1) is 40.2. The number of alkyl halides is 3. The third kappa shape index (κ3) is 9.66. The fraction of sp³-hybridized carbons (Fsp3) is 0.325. The number of nitrogens with zero attached hydrogens (tertiary/aromatic N) is 4. The smallest absolute Gasteiger partial charge is 0.416 e. The number of carbonyl (C=O) groups excluding carboxylic acids is 5. The number of hydrogen-bond donors (Lipinski definition) is 3. The zero-order valence-corrected chi connectivity index (χ0v) is 30.7. The van der Waals surface area contributed by atoms with Crippen molar-refractivity contribution < 1.29 is 51.8 Å². The third-order valence-corrected chi connectivity index (χ3v) is 9.96. The molecule has 0 spiro atoms. The van der Waals surface area contributed by atoms with Crippen LogP contribution in [0.2, 0.25) is 0 Å². The molecule has 1 saturated heterocycles. The van der Waals surface area contributed by atoms with Gasteiger partial charge in [0.05, 0.1) is 18.0 Å². The zero-order valence-electron chi connectivity index (χ0n) is 30.7. The van der Waals surface area contributed by atoms with Crippen LogP contribution in [0.15, 0.2) is 85.2 Å². The highest BCUT2D eigenvalue weighted by Crippen LogP contribution is 2.30. The first-order valence-corrected chi connectivity index (χ1v) is 18.1. The maximum Gasteiger partial charge on any atom is 0.416 e. The SMILES string of the molecule is CN1C(=O)c2ccc(cc2)OC[C@@H]2C[C@@H](NC(=O)c3cccc(C(F)(F)F)c3)CN2C(=O)CN(c2ccc3ccncc3c2)C(=O)CC[C@H]1C(=O)NCCC(=O)O. The number of pyridine rings is 1. The van der Waals surface area contributed by atoms with E-state index < -0.39 is 71.9 Å². The van der Waals surface area contributed by atoms with E-state index in [0.29, 0.717) is 16.8 Å². The number of nitrogens with one attached hydrogen (secondary N) is 2. The van der Waals surface area contributed by atoms with Crippen LogP contribution in [0.5, 0.6) is 5.75 Å². The maximum absolute atomic E-state index is 14.3. The molecule has 14 nitrogen and oxygen atoms in total. The molecular weight excluding hydrogens is 749 g/mol. The second-order valence-corrected chi connectivity index (χ2v) is 13.8. The van der Waals surface area contributed by atoms with Crippen molar-refractivity contribution in [1.29, 1.82) is 0 Å². The van der Waals surface area contributed by atoms with Crippen LogP contribution in [0.25, 0.3) is 10.8 Å². The van der Waals surface area contributed by atoms with Gasteiger partial charge in [0, 0.05) is 67.2 Å². The van der Waals surface area contributed by atoms with Gasteiger partial charge in [-0.15, -0.1) is 0 Å². The summed E-state index contributed by atoms with van der Waals surface area (Å²) in [6.07, 6.45) is -2.14. The molecule has 4 heterocycles. The van der Waals surface area contributed by atoms with Crippen LogP contribution in [-0.4, -0.2) is 107 Å². The van der Waals surface area contributed by atoms with E-state index in [1.165, 1.54) is 52.1 Å². The van der Waals surface area contributed by atoms with Crippen LogP contribution in [0.4, 0.5) is 18.9 Å². The lowest BCUT2D eigenvalue weighted by Crippen LogP contribution is -2.49. The highest BCUT2D eigenvalue weighted by Gasteiger charge is 2.39. The molecule has 0 unspecified atom stereocenters. The quantitative estimate of drug-likeness (QED) is 0.251. The molecule has 298 valence electrons. The molecule has 17 heteroatoms. The summed E-state index contributed by atoms with van der Waals surface area (Å²) in [7, 11) is 1.40. The fourth-order valence-electron chi connectivity index (χ4n) is 6.92. The van der Waals surface area contributed by atoms with Gasteiger partial charge in [-0.1, -0.05) is 12.1 Å². The minimum absolute atomic E-state index is 0.0436. The van der Waals surface area contributed by atoms with E-state index in [-0.39, 0.29) is 56.5 Å². The topological polar surface area (TPSA) is 179 Å². The van der Waals surface area contributed by atoms with Crippen molar-refractivity contribution in [3.8, 4) is 5.75 Å². The fourth-order valence-corrected chi connectivity index (χ4v) is 6.92. The summed E-state index contributed by atoms with van der Waals surface area (Å²) in [6.45, 7) is -0.800. The van der Waals surface area contributed by atoms with Gasteiger partial charge in [-0.2, -0.15) is 13.2 Å². The van der Waals surface area contributed by atoms with E-state index in [1.807, 2.05) is 0 Å². The summed E-state index contributed by atoms with van der Waals surface area (Å²) in [5.74, 6) is -3.86. The largest absolute Gasteiger partial charge is 0.491 e. The van der Waals surface area contributed by atoms with Crippen molar-refractivity contribution in [3.63, 3.8) is 0 Å². The number of ether oxygens (including phenoxy) is 1. The molecule has 5 amide bonds. The number of carboxylic acid groups (broad SMARTS) is 1. The van der Waals surface area contributed by atoms with Crippen LogP contribution < -0.4 is 20.3 Å². The number of carbonyl (C=O) groups is 6. The van der Waals surface area contributed by atoms with Crippen LogP contribution in [0.1, 0.15) is 52.0 Å². The van der Waals surface area contributed by atoms with Crippen molar-refractivity contribution in [2.45, 2.75) is 50.0 Å². The van der Waals surface area contributed by atoms with E-state index in [9.17, 15) is 41.9 Å². The molecule has 0 radical (unpaired) electrons. The minimum Gasteiger partial charge on any atom is -0.491 e. The highest BCUT2D eigenvalue weighted by atomic mass is 19.4. The Labute approximate surface area is 324 Å². The van der Waals surface area contributed by atoms with Gasteiger partial charge in [-0.25, -0.2) is 0 Å². The van der Waals surface area contributed by atoms with Crippen molar-refractivity contribution >= 4 is 52.0 Å². The van der Waals surface area contributed by atoms with Gasteiger partial charge in [-0.05, 0) is 78.9 Å². The van der Waals surface area contributed by atoms with Crippen molar-refractivity contribution in [3.05, 3.63) is 102 Å². The predicted molar refractivity (Wildman–Crippen MR) is 199 cm³/mol. The van der Waals surface area contributed by atoms with Crippen LogP contribution >= 0.6 is 0 Å². The second-order valence-electron chi connectivity index (χ2n) is 13.8. The van der Waals surface area contributed by atoms with Crippen LogP contribution in [0.3, 0.4) is 0 Å². The Morgan fingerprint density at radius 3 is 2.47 bits per heavy atom. The monoisotopic (exact) mass is 788 g/mol. The molecule has 3 N–H and O–H groups in total. The summed E-state index contributed by atoms with van der Waals surface area (Å²) in [5, 5.41) is 15.9. The van der Waals surface area contributed by atoms with E-state index in [4.69, 9.17) is 9.84 Å².